The Morgan fingerprint density at radius 2 is 1.29 bits per heavy atom. The zero-order valence-electron chi connectivity index (χ0n) is 10.1. The van der Waals surface area contributed by atoms with Crippen molar-refractivity contribution in [3.63, 3.8) is 0 Å². The van der Waals surface area contributed by atoms with Crippen LogP contribution in [0.5, 0.6) is 0 Å². The average Bonchev–Trinajstić information content (AvgIpc) is 2.23. The maximum Gasteiger partial charge on any atom is 1.00 e. The second-order valence-electron chi connectivity index (χ2n) is 3.52. The summed E-state index contributed by atoms with van der Waals surface area (Å²) in [5.41, 5.74) is 0. The molecule has 0 aliphatic heterocycles. The molecule has 90 valence electrons. The van der Waals surface area contributed by atoms with Gasteiger partial charge in [-0.15, -0.1) is 0 Å². The molecule has 0 heterocycles. The van der Waals surface area contributed by atoms with E-state index in [4.69, 9.17) is 0 Å². The van der Waals surface area contributed by atoms with Crippen LogP contribution in [0.4, 0.5) is 0 Å². The van der Waals surface area contributed by atoms with Gasteiger partial charge >= 0.3 is 59.1 Å². The summed E-state index contributed by atoms with van der Waals surface area (Å²) in [6.45, 7) is 2.09. The molecule has 0 bridgehead atoms. The zero-order valence-corrected chi connectivity index (χ0v) is 15.8. The van der Waals surface area contributed by atoms with Gasteiger partial charge in [-0.3, -0.25) is 10.1 Å². The molecule has 0 radical (unpaired) electrons. The summed E-state index contributed by atoms with van der Waals surface area (Å²) in [6, 6.07) is 0. The third-order valence-corrected chi connectivity index (χ3v) is 3.84. The van der Waals surface area contributed by atoms with Crippen LogP contribution in [0.2, 0.25) is 0 Å². The monoisotopic (exact) mass is 302 g/mol. The number of hydrogen-bond acceptors (Lipinski definition) is 8. The van der Waals surface area contributed by atoms with E-state index in [1.807, 2.05) is 0 Å². The van der Waals surface area contributed by atoms with Crippen molar-refractivity contribution in [3.05, 3.63) is 0 Å². The summed E-state index contributed by atoms with van der Waals surface area (Å²) < 4.78 is 8.58. The van der Waals surface area contributed by atoms with Crippen molar-refractivity contribution in [2.24, 2.45) is 5.92 Å². The van der Waals surface area contributed by atoms with Crippen molar-refractivity contribution in [2.75, 3.05) is 0 Å². The van der Waals surface area contributed by atoms with Crippen LogP contribution in [-0.2, 0) is 18.7 Å². The maximum absolute atomic E-state index is 9.67. The van der Waals surface area contributed by atoms with Gasteiger partial charge in [0.15, 0.2) is 0 Å². The van der Waals surface area contributed by atoms with Crippen molar-refractivity contribution in [2.45, 2.75) is 36.7 Å². The molecular weight excluding hydrogens is 290 g/mol. The molecule has 1 aliphatic carbocycles. The van der Waals surface area contributed by atoms with Crippen molar-refractivity contribution in [1.29, 1.82) is 0 Å². The fraction of sp³-hybridized carbons (Fsp3) is 1.00. The van der Waals surface area contributed by atoms with E-state index in [2.05, 4.69) is 25.7 Å². The fourth-order valence-electron chi connectivity index (χ4n) is 1.78. The van der Waals surface area contributed by atoms with Gasteiger partial charge in [0.05, 0.1) is 0 Å². The molecule has 2 unspecified atom stereocenters. The Morgan fingerprint density at radius 1 is 0.882 bits per heavy atom. The van der Waals surface area contributed by atoms with Crippen LogP contribution in [0, 0.1) is 5.92 Å². The zero-order chi connectivity index (χ0) is 11.1. The van der Waals surface area contributed by atoms with Crippen LogP contribution in [0.1, 0.15) is 26.2 Å². The van der Waals surface area contributed by atoms with Crippen LogP contribution in [0.3, 0.4) is 0 Å². The van der Waals surface area contributed by atoms with Crippen molar-refractivity contribution < 1.29 is 88.4 Å². The minimum absolute atomic E-state index is 0. The molecular formula is C7H12Na2O6S2. The molecule has 6 nitrogen and oxygen atoms in total. The first-order chi connectivity index (χ1) is 7.26. The Kier molecular flexibility index (Phi) is 17.2. The van der Waals surface area contributed by atoms with Gasteiger partial charge in [0.2, 0.25) is 0 Å². The largest absolute Gasteiger partial charge is 1.00 e. The minimum Gasteiger partial charge on any atom is -0.691 e. The van der Waals surface area contributed by atoms with Gasteiger partial charge in [0.25, 0.3) is 0 Å². The van der Waals surface area contributed by atoms with E-state index < -0.39 is 0 Å². The Labute approximate surface area is 153 Å². The Hall–Kier alpha value is 2.46. The summed E-state index contributed by atoms with van der Waals surface area (Å²) in [5, 5.41) is 26.3. The molecule has 1 aliphatic rings. The average molecular weight is 302 g/mol. The summed E-state index contributed by atoms with van der Waals surface area (Å²) in [4.78, 5) is 0. The molecule has 0 saturated heterocycles. The molecule has 1 fully saturated rings. The first-order valence-corrected chi connectivity index (χ1v) is 6.11. The molecule has 0 aromatic heterocycles. The summed E-state index contributed by atoms with van der Waals surface area (Å²) in [6.07, 6.45) is 2.68. The second kappa shape index (κ2) is 13.4. The Morgan fingerprint density at radius 3 is 1.65 bits per heavy atom. The van der Waals surface area contributed by atoms with Gasteiger partial charge < -0.3 is 10.5 Å². The first-order valence-electron chi connectivity index (χ1n) is 4.50. The molecule has 0 amide bonds. The topological polar surface area (TPSA) is 83.0 Å². The fourth-order valence-corrected chi connectivity index (χ4v) is 3.62. The normalized spacial score (nSPS) is 28.1. The second-order valence-corrected chi connectivity index (χ2v) is 5.51. The summed E-state index contributed by atoms with van der Waals surface area (Å²) in [5.74, 6) is 0.485. The summed E-state index contributed by atoms with van der Waals surface area (Å²) >= 11 is 2.03. The first kappa shape index (κ1) is 21.8. The summed E-state index contributed by atoms with van der Waals surface area (Å²) in [7, 11) is 0. The van der Waals surface area contributed by atoms with E-state index in [0.29, 0.717) is 5.92 Å². The number of hydrogen-bond donors (Lipinski definition) is 0. The standard InChI is InChI=1S/C7H14O6S2.2Na/c1-5-2-6(14-12-10-8)4-7(3-5)15-13-11-9;;/h5-9H,2-4H2,1H3;;/q;2*+1/p-2. The van der Waals surface area contributed by atoms with Gasteiger partial charge in [-0.1, -0.05) is 6.92 Å². The van der Waals surface area contributed by atoms with Gasteiger partial charge in [0, 0.05) is 34.6 Å². The van der Waals surface area contributed by atoms with E-state index in [0.717, 1.165) is 43.3 Å². The van der Waals surface area contributed by atoms with Crippen LogP contribution >= 0.6 is 24.1 Å². The molecule has 17 heavy (non-hydrogen) atoms. The van der Waals surface area contributed by atoms with E-state index in [9.17, 15) is 10.5 Å². The van der Waals surface area contributed by atoms with Crippen LogP contribution in [0.25, 0.3) is 0 Å². The predicted molar refractivity (Wildman–Crippen MR) is 50.1 cm³/mol. The molecule has 0 aromatic carbocycles. The van der Waals surface area contributed by atoms with E-state index >= 15 is 0 Å². The maximum atomic E-state index is 9.67. The molecule has 1 saturated carbocycles. The molecule has 2 atom stereocenters. The van der Waals surface area contributed by atoms with Crippen molar-refractivity contribution in [3.8, 4) is 0 Å². The minimum atomic E-state index is 0. The molecule has 0 N–H and O–H groups in total. The third kappa shape index (κ3) is 9.91. The smallest absolute Gasteiger partial charge is 0.691 e. The van der Waals surface area contributed by atoms with Crippen LogP contribution in [0.15, 0.2) is 0 Å². The van der Waals surface area contributed by atoms with Crippen LogP contribution < -0.4 is 69.6 Å². The van der Waals surface area contributed by atoms with Crippen molar-refractivity contribution in [1.82, 2.24) is 0 Å². The van der Waals surface area contributed by atoms with E-state index in [1.165, 1.54) is 0 Å². The third-order valence-electron chi connectivity index (χ3n) is 2.26. The quantitative estimate of drug-likeness (QED) is 0.208. The van der Waals surface area contributed by atoms with Gasteiger partial charge in [-0.05, 0) is 25.2 Å². The SMILES string of the molecule is CC1CC(SOO[O-])CC(SOO[O-])C1.[Na+].[Na+]. The molecule has 10 heteroatoms. The predicted octanol–water partition coefficient (Wildman–Crippen LogP) is -5.70. The van der Waals surface area contributed by atoms with Gasteiger partial charge in [0.1, 0.15) is 0 Å². The Balaban J connectivity index is 0. The van der Waals surface area contributed by atoms with E-state index in [1.54, 1.807) is 0 Å². The van der Waals surface area contributed by atoms with Gasteiger partial charge in [-0.25, -0.2) is 0 Å². The number of rotatable bonds is 6. The molecule has 0 aromatic rings. The van der Waals surface area contributed by atoms with E-state index in [-0.39, 0.29) is 69.6 Å². The van der Waals surface area contributed by atoms with Gasteiger partial charge in [-0.2, -0.15) is 8.67 Å². The molecule has 0 spiro atoms. The Bertz CT molecular complexity index is 164. The van der Waals surface area contributed by atoms with Crippen molar-refractivity contribution >= 4 is 24.1 Å². The van der Waals surface area contributed by atoms with Crippen LogP contribution in [-0.4, -0.2) is 10.5 Å². The molecule has 1 rings (SSSR count).